The summed E-state index contributed by atoms with van der Waals surface area (Å²) in [5, 5.41) is 0.491. The maximum atomic E-state index is 6.09. The summed E-state index contributed by atoms with van der Waals surface area (Å²) >= 11 is 6.09. The zero-order chi connectivity index (χ0) is 15.0. The van der Waals surface area contributed by atoms with Crippen LogP contribution in [0.1, 0.15) is 43.2 Å². The van der Waals surface area contributed by atoms with E-state index in [1.54, 1.807) is 0 Å². The molecule has 1 saturated heterocycles. The van der Waals surface area contributed by atoms with E-state index in [-0.39, 0.29) is 6.04 Å². The van der Waals surface area contributed by atoms with Crippen LogP contribution in [0.2, 0.25) is 5.15 Å². The van der Waals surface area contributed by atoms with Crippen LogP contribution in [-0.4, -0.2) is 16.5 Å². The van der Waals surface area contributed by atoms with Gasteiger partial charge in [0.1, 0.15) is 28.3 Å². The zero-order valence-corrected chi connectivity index (χ0v) is 13.4. The van der Waals surface area contributed by atoms with E-state index in [1.807, 2.05) is 26.0 Å². The van der Waals surface area contributed by atoms with Crippen molar-refractivity contribution in [2.75, 3.05) is 11.4 Å². The molecule has 2 atom stereocenters. The van der Waals surface area contributed by atoms with Crippen LogP contribution in [0.4, 0.5) is 5.82 Å². The number of furan rings is 1. The summed E-state index contributed by atoms with van der Waals surface area (Å²) < 4.78 is 5.87. The summed E-state index contributed by atoms with van der Waals surface area (Å²) in [7, 11) is 0. The highest BCUT2D eigenvalue weighted by Crippen LogP contribution is 2.37. The highest BCUT2D eigenvalue weighted by Gasteiger charge is 2.31. The number of nitrogens with zero attached hydrogens (tertiary/aromatic N) is 3. The normalized spacial score (nSPS) is 22.6. The highest BCUT2D eigenvalue weighted by molar-refractivity contribution is 6.29. The molecule has 1 aliphatic heterocycles. The topological polar surface area (TPSA) is 42.2 Å². The summed E-state index contributed by atoms with van der Waals surface area (Å²) in [6.07, 6.45) is 2.21. The largest absolute Gasteiger partial charge is 0.464 e. The van der Waals surface area contributed by atoms with Crippen LogP contribution in [0.5, 0.6) is 0 Å². The van der Waals surface area contributed by atoms with Crippen molar-refractivity contribution >= 4 is 17.4 Å². The number of rotatable bonds is 2. The molecule has 5 heteroatoms. The maximum Gasteiger partial charge on any atom is 0.134 e. The number of hydrogen-bond acceptors (Lipinski definition) is 4. The molecule has 2 aromatic rings. The molecule has 3 heterocycles. The Morgan fingerprint density at radius 3 is 2.76 bits per heavy atom. The Bertz CT molecular complexity index is 620. The predicted octanol–water partition coefficient (Wildman–Crippen LogP) is 4.32. The third-order valence-corrected chi connectivity index (χ3v) is 4.24. The molecule has 3 rings (SSSR count). The van der Waals surface area contributed by atoms with Crippen LogP contribution in [0.15, 0.2) is 22.6 Å². The number of aromatic nitrogens is 2. The monoisotopic (exact) mass is 305 g/mol. The second-order valence-corrected chi connectivity index (χ2v) is 6.27. The van der Waals surface area contributed by atoms with Crippen LogP contribution in [0, 0.1) is 19.8 Å². The molecule has 0 aliphatic carbocycles. The van der Waals surface area contributed by atoms with Gasteiger partial charge in [0.2, 0.25) is 0 Å². The number of halogens is 1. The summed E-state index contributed by atoms with van der Waals surface area (Å²) in [6.45, 7) is 7.09. The molecule has 0 saturated carbocycles. The molecule has 1 fully saturated rings. The molecule has 0 aromatic carbocycles. The Hall–Kier alpha value is -1.55. The van der Waals surface area contributed by atoms with Crippen molar-refractivity contribution in [3.8, 4) is 0 Å². The SMILES string of the molecule is Cc1nc(Cl)cc(N2CCC(C)CC2c2ccc(C)o2)n1. The van der Waals surface area contributed by atoms with Crippen LogP contribution in [0.25, 0.3) is 0 Å². The van der Waals surface area contributed by atoms with Gasteiger partial charge in [-0.1, -0.05) is 18.5 Å². The van der Waals surface area contributed by atoms with Crippen molar-refractivity contribution < 1.29 is 4.42 Å². The van der Waals surface area contributed by atoms with Crippen molar-refractivity contribution in [3.05, 3.63) is 40.7 Å². The Morgan fingerprint density at radius 2 is 2.10 bits per heavy atom. The van der Waals surface area contributed by atoms with Gasteiger partial charge in [-0.15, -0.1) is 0 Å². The lowest BCUT2D eigenvalue weighted by atomic mass is 9.91. The highest BCUT2D eigenvalue weighted by atomic mass is 35.5. The fourth-order valence-electron chi connectivity index (χ4n) is 2.98. The average molecular weight is 306 g/mol. The fraction of sp³-hybridized carbons (Fsp3) is 0.500. The molecule has 0 spiro atoms. The third-order valence-electron chi connectivity index (χ3n) is 4.04. The van der Waals surface area contributed by atoms with Gasteiger partial charge in [-0.25, -0.2) is 9.97 Å². The Balaban J connectivity index is 1.97. The van der Waals surface area contributed by atoms with Gasteiger partial charge in [0, 0.05) is 12.6 Å². The Labute approximate surface area is 130 Å². The van der Waals surface area contributed by atoms with Crippen molar-refractivity contribution in [1.82, 2.24) is 9.97 Å². The van der Waals surface area contributed by atoms with Gasteiger partial charge in [-0.05, 0) is 44.7 Å². The standard InChI is InChI=1S/C16H20ClN3O/c1-10-6-7-20(16-9-15(17)18-12(3)19-16)13(8-10)14-5-4-11(2)21-14/h4-5,9-10,13H,6-8H2,1-3H3. The molecule has 21 heavy (non-hydrogen) atoms. The molecule has 0 bridgehead atoms. The predicted molar refractivity (Wildman–Crippen MR) is 83.7 cm³/mol. The molecular formula is C16H20ClN3O. The third kappa shape index (κ3) is 3.05. The lowest BCUT2D eigenvalue weighted by Crippen LogP contribution is -2.36. The van der Waals surface area contributed by atoms with Crippen LogP contribution in [-0.2, 0) is 0 Å². The van der Waals surface area contributed by atoms with Crippen LogP contribution >= 0.6 is 11.6 Å². The quantitative estimate of drug-likeness (QED) is 0.775. The lowest BCUT2D eigenvalue weighted by Gasteiger charge is -2.38. The second-order valence-electron chi connectivity index (χ2n) is 5.88. The molecule has 2 aromatic heterocycles. The van der Waals surface area contributed by atoms with E-state index >= 15 is 0 Å². The van der Waals surface area contributed by atoms with E-state index in [0.717, 1.165) is 36.7 Å². The van der Waals surface area contributed by atoms with Gasteiger partial charge in [0.05, 0.1) is 6.04 Å². The van der Waals surface area contributed by atoms with E-state index in [4.69, 9.17) is 16.0 Å². The molecule has 112 valence electrons. The van der Waals surface area contributed by atoms with Crippen molar-refractivity contribution in [1.29, 1.82) is 0 Å². The first-order chi connectivity index (χ1) is 10.0. The molecular weight excluding hydrogens is 286 g/mol. The molecule has 4 nitrogen and oxygen atoms in total. The Kier molecular flexibility index (Phi) is 3.89. The lowest BCUT2D eigenvalue weighted by molar-refractivity contribution is 0.323. The van der Waals surface area contributed by atoms with Crippen molar-refractivity contribution in [2.24, 2.45) is 5.92 Å². The smallest absolute Gasteiger partial charge is 0.134 e. The van der Waals surface area contributed by atoms with Gasteiger partial charge >= 0.3 is 0 Å². The van der Waals surface area contributed by atoms with Crippen LogP contribution < -0.4 is 4.90 Å². The molecule has 0 radical (unpaired) electrons. The summed E-state index contributed by atoms with van der Waals surface area (Å²) in [6, 6.07) is 6.15. The van der Waals surface area contributed by atoms with E-state index in [2.05, 4.69) is 27.9 Å². The number of hydrogen-bond donors (Lipinski definition) is 0. The van der Waals surface area contributed by atoms with Gasteiger partial charge in [0.15, 0.2) is 0 Å². The maximum absolute atomic E-state index is 6.09. The fourth-order valence-corrected chi connectivity index (χ4v) is 3.20. The van der Waals surface area contributed by atoms with Crippen molar-refractivity contribution in [3.63, 3.8) is 0 Å². The van der Waals surface area contributed by atoms with E-state index in [1.165, 1.54) is 0 Å². The first-order valence-electron chi connectivity index (χ1n) is 7.37. The van der Waals surface area contributed by atoms with E-state index in [0.29, 0.717) is 16.9 Å². The first-order valence-corrected chi connectivity index (χ1v) is 7.75. The summed E-state index contributed by atoms with van der Waals surface area (Å²) in [4.78, 5) is 11.0. The van der Waals surface area contributed by atoms with Crippen LogP contribution in [0.3, 0.4) is 0 Å². The van der Waals surface area contributed by atoms with E-state index in [9.17, 15) is 0 Å². The molecule has 0 N–H and O–H groups in total. The van der Waals surface area contributed by atoms with Gasteiger partial charge in [-0.3, -0.25) is 0 Å². The summed E-state index contributed by atoms with van der Waals surface area (Å²) in [5.41, 5.74) is 0. The van der Waals surface area contributed by atoms with Crippen molar-refractivity contribution in [2.45, 2.75) is 39.7 Å². The average Bonchev–Trinajstić information content (AvgIpc) is 2.84. The number of piperidine rings is 1. The second kappa shape index (κ2) is 5.68. The minimum absolute atomic E-state index is 0.216. The first kappa shape index (κ1) is 14.4. The zero-order valence-electron chi connectivity index (χ0n) is 12.6. The molecule has 1 aliphatic rings. The molecule has 0 amide bonds. The molecule has 2 unspecified atom stereocenters. The minimum Gasteiger partial charge on any atom is -0.464 e. The van der Waals surface area contributed by atoms with E-state index < -0.39 is 0 Å². The minimum atomic E-state index is 0.216. The Morgan fingerprint density at radius 1 is 1.29 bits per heavy atom. The van der Waals surface area contributed by atoms with Gasteiger partial charge in [-0.2, -0.15) is 0 Å². The van der Waals surface area contributed by atoms with Gasteiger partial charge < -0.3 is 9.32 Å². The number of anilines is 1. The van der Waals surface area contributed by atoms with Gasteiger partial charge in [0.25, 0.3) is 0 Å². The number of aryl methyl sites for hydroxylation is 2. The summed E-state index contributed by atoms with van der Waals surface area (Å²) in [5.74, 6) is 4.21.